The normalized spacial score (nSPS) is 30.2. The van der Waals surface area contributed by atoms with E-state index in [1.807, 2.05) is 11.3 Å². The van der Waals surface area contributed by atoms with Gasteiger partial charge in [0.15, 0.2) is 0 Å². The molecule has 94 valence electrons. The molecule has 2 aliphatic rings. The van der Waals surface area contributed by atoms with Crippen molar-refractivity contribution in [1.29, 1.82) is 0 Å². The SMILES string of the molecule is CC1(CN2CCc3sccc3C2)CCCCN1. The molecule has 3 rings (SSSR count). The zero-order valence-corrected chi connectivity index (χ0v) is 11.5. The molecule has 1 aromatic heterocycles. The van der Waals surface area contributed by atoms with Crippen LogP contribution in [0.3, 0.4) is 0 Å². The minimum absolute atomic E-state index is 0.353. The minimum Gasteiger partial charge on any atom is -0.310 e. The second-order valence-electron chi connectivity index (χ2n) is 5.77. The number of fused-ring (bicyclic) bond motifs is 1. The third kappa shape index (κ3) is 2.56. The maximum atomic E-state index is 3.72. The lowest BCUT2D eigenvalue weighted by atomic mass is 9.90. The third-order valence-electron chi connectivity index (χ3n) is 4.17. The van der Waals surface area contributed by atoms with Gasteiger partial charge in [0.25, 0.3) is 0 Å². The van der Waals surface area contributed by atoms with Crippen LogP contribution in [0.4, 0.5) is 0 Å². The van der Waals surface area contributed by atoms with Gasteiger partial charge in [-0.25, -0.2) is 0 Å². The van der Waals surface area contributed by atoms with Gasteiger partial charge in [-0.05, 0) is 49.7 Å². The highest BCUT2D eigenvalue weighted by atomic mass is 32.1. The summed E-state index contributed by atoms with van der Waals surface area (Å²) in [5.74, 6) is 0. The van der Waals surface area contributed by atoms with Crippen molar-refractivity contribution in [2.45, 2.75) is 44.7 Å². The Kier molecular flexibility index (Phi) is 3.24. The lowest BCUT2D eigenvalue weighted by molar-refractivity contribution is 0.153. The fourth-order valence-corrected chi connectivity index (χ4v) is 4.08. The summed E-state index contributed by atoms with van der Waals surface area (Å²) < 4.78 is 0. The second-order valence-corrected chi connectivity index (χ2v) is 6.77. The van der Waals surface area contributed by atoms with Crippen LogP contribution in [0.1, 0.15) is 36.6 Å². The molecule has 1 saturated heterocycles. The van der Waals surface area contributed by atoms with Crippen LogP contribution in [0, 0.1) is 0 Å². The number of piperidine rings is 1. The van der Waals surface area contributed by atoms with Crippen LogP contribution in [0.25, 0.3) is 0 Å². The molecular formula is C14H22N2S. The van der Waals surface area contributed by atoms with Crippen molar-refractivity contribution in [2.24, 2.45) is 0 Å². The highest BCUT2D eigenvalue weighted by molar-refractivity contribution is 7.10. The Balaban J connectivity index is 1.63. The molecular weight excluding hydrogens is 228 g/mol. The summed E-state index contributed by atoms with van der Waals surface area (Å²) in [5.41, 5.74) is 1.92. The van der Waals surface area contributed by atoms with Gasteiger partial charge < -0.3 is 5.32 Å². The van der Waals surface area contributed by atoms with E-state index in [1.165, 1.54) is 45.3 Å². The molecule has 0 aromatic carbocycles. The Morgan fingerprint density at radius 3 is 3.24 bits per heavy atom. The Labute approximate surface area is 108 Å². The van der Waals surface area contributed by atoms with Crippen molar-refractivity contribution in [3.05, 3.63) is 21.9 Å². The third-order valence-corrected chi connectivity index (χ3v) is 5.19. The maximum Gasteiger partial charge on any atom is 0.0280 e. The van der Waals surface area contributed by atoms with Crippen molar-refractivity contribution in [1.82, 2.24) is 10.2 Å². The number of thiophene rings is 1. The molecule has 1 N–H and O–H groups in total. The summed E-state index contributed by atoms with van der Waals surface area (Å²) in [6.07, 6.45) is 5.33. The van der Waals surface area contributed by atoms with Crippen LogP contribution < -0.4 is 5.32 Å². The molecule has 1 atom stereocenters. The maximum absolute atomic E-state index is 3.72. The predicted molar refractivity (Wildman–Crippen MR) is 73.6 cm³/mol. The quantitative estimate of drug-likeness (QED) is 0.868. The van der Waals surface area contributed by atoms with E-state index in [9.17, 15) is 0 Å². The van der Waals surface area contributed by atoms with Crippen LogP contribution in [0.15, 0.2) is 11.4 Å². The van der Waals surface area contributed by atoms with Crippen molar-refractivity contribution < 1.29 is 0 Å². The highest BCUT2D eigenvalue weighted by Crippen LogP contribution is 2.27. The molecule has 0 spiro atoms. The zero-order chi connectivity index (χ0) is 11.7. The van der Waals surface area contributed by atoms with Gasteiger partial charge in [0.1, 0.15) is 0 Å². The first-order chi connectivity index (χ1) is 8.25. The van der Waals surface area contributed by atoms with E-state index in [1.54, 1.807) is 10.4 Å². The number of nitrogens with one attached hydrogen (secondary N) is 1. The predicted octanol–water partition coefficient (Wildman–Crippen LogP) is 2.64. The topological polar surface area (TPSA) is 15.3 Å². The smallest absolute Gasteiger partial charge is 0.0280 e. The first kappa shape index (κ1) is 11.7. The van der Waals surface area contributed by atoms with Gasteiger partial charge in [0, 0.05) is 30.1 Å². The van der Waals surface area contributed by atoms with Crippen molar-refractivity contribution >= 4 is 11.3 Å². The van der Waals surface area contributed by atoms with Crippen molar-refractivity contribution in [2.75, 3.05) is 19.6 Å². The molecule has 0 saturated carbocycles. The first-order valence-corrected chi connectivity index (χ1v) is 7.66. The Morgan fingerprint density at radius 2 is 2.41 bits per heavy atom. The van der Waals surface area contributed by atoms with Gasteiger partial charge in [0.2, 0.25) is 0 Å². The molecule has 2 nitrogen and oxygen atoms in total. The molecule has 0 bridgehead atoms. The molecule has 17 heavy (non-hydrogen) atoms. The largest absolute Gasteiger partial charge is 0.310 e. The molecule has 3 heteroatoms. The lowest BCUT2D eigenvalue weighted by Gasteiger charge is -2.40. The van der Waals surface area contributed by atoms with E-state index in [-0.39, 0.29) is 0 Å². The number of hydrogen-bond donors (Lipinski definition) is 1. The summed E-state index contributed by atoms with van der Waals surface area (Å²) in [6.45, 7) is 7.21. The lowest BCUT2D eigenvalue weighted by Crippen LogP contribution is -2.54. The van der Waals surface area contributed by atoms with Gasteiger partial charge in [-0.1, -0.05) is 6.42 Å². The standard InChI is InChI=1S/C14H22N2S/c1-14(6-2-3-7-15-14)11-16-8-4-13-12(10-16)5-9-17-13/h5,9,15H,2-4,6-8,10-11H2,1H3. The Bertz CT molecular complexity index is 379. The number of rotatable bonds is 2. The highest BCUT2D eigenvalue weighted by Gasteiger charge is 2.30. The first-order valence-electron chi connectivity index (χ1n) is 6.78. The van der Waals surface area contributed by atoms with Gasteiger partial charge in [0.05, 0.1) is 0 Å². The summed E-state index contributed by atoms with van der Waals surface area (Å²) in [6, 6.07) is 2.31. The average Bonchev–Trinajstić information content (AvgIpc) is 2.76. The van der Waals surface area contributed by atoms with E-state index in [4.69, 9.17) is 0 Å². The van der Waals surface area contributed by atoms with Crippen LogP contribution in [-0.2, 0) is 13.0 Å². The van der Waals surface area contributed by atoms with Crippen LogP contribution in [-0.4, -0.2) is 30.1 Å². The van der Waals surface area contributed by atoms with Gasteiger partial charge in [-0.2, -0.15) is 0 Å². The van der Waals surface area contributed by atoms with Gasteiger partial charge in [-0.3, -0.25) is 4.90 Å². The molecule has 0 radical (unpaired) electrons. The molecule has 0 amide bonds. The van der Waals surface area contributed by atoms with Crippen molar-refractivity contribution in [3.63, 3.8) is 0 Å². The van der Waals surface area contributed by atoms with E-state index in [2.05, 4.69) is 28.6 Å². The van der Waals surface area contributed by atoms with E-state index in [0.29, 0.717) is 5.54 Å². The van der Waals surface area contributed by atoms with E-state index < -0.39 is 0 Å². The number of hydrogen-bond acceptors (Lipinski definition) is 3. The van der Waals surface area contributed by atoms with E-state index in [0.717, 1.165) is 6.54 Å². The molecule has 3 heterocycles. The monoisotopic (exact) mass is 250 g/mol. The molecule has 2 aliphatic heterocycles. The van der Waals surface area contributed by atoms with E-state index >= 15 is 0 Å². The second kappa shape index (κ2) is 4.71. The molecule has 0 aliphatic carbocycles. The fourth-order valence-electron chi connectivity index (χ4n) is 3.19. The van der Waals surface area contributed by atoms with Crippen LogP contribution >= 0.6 is 11.3 Å². The fraction of sp³-hybridized carbons (Fsp3) is 0.714. The van der Waals surface area contributed by atoms with Crippen molar-refractivity contribution in [3.8, 4) is 0 Å². The summed E-state index contributed by atoms with van der Waals surface area (Å²) in [7, 11) is 0. The summed E-state index contributed by atoms with van der Waals surface area (Å²) >= 11 is 1.93. The molecule has 1 aromatic rings. The molecule has 1 fully saturated rings. The Morgan fingerprint density at radius 1 is 1.47 bits per heavy atom. The van der Waals surface area contributed by atoms with Gasteiger partial charge >= 0.3 is 0 Å². The zero-order valence-electron chi connectivity index (χ0n) is 10.7. The van der Waals surface area contributed by atoms with Gasteiger partial charge in [-0.15, -0.1) is 11.3 Å². The molecule has 1 unspecified atom stereocenters. The Hall–Kier alpha value is -0.380. The summed E-state index contributed by atoms with van der Waals surface area (Å²) in [5, 5.41) is 5.97. The minimum atomic E-state index is 0.353. The average molecular weight is 250 g/mol. The van der Waals surface area contributed by atoms with Crippen LogP contribution in [0.2, 0.25) is 0 Å². The summed E-state index contributed by atoms with van der Waals surface area (Å²) in [4.78, 5) is 4.25. The van der Waals surface area contributed by atoms with Crippen LogP contribution in [0.5, 0.6) is 0 Å². The number of nitrogens with zero attached hydrogens (tertiary/aromatic N) is 1.